The number of hydrogen-bond acceptors (Lipinski definition) is 6. The van der Waals surface area contributed by atoms with E-state index < -0.39 is 15.6 Å². The quantitative estimate of drug-likeness (QED) is 0.310. The normalized spacial score (nSPS) is 14.7. The van der Waals surface area contributed by atoms with Gasteiger partial charge in [-0.25, -0.2) is 17.2 Å². The zero-order chi connectivity index (χ0) is 30.2. The summed E-state index contributed by atoms with van der Waals surface area (Å²) in [7, 11) is -2.49. The first-order valence-corrected chi connectivity index (χ1v) is 15.5. The highest BCUT2D eigenvalue weighted by Crippen LogP contribution is 2.35. The number of methoxy groups -OCH3 is 1. The van der Waals surface area contributed by atoms with Gasteiger partial charge in [-0.1, -0.05) is 42.5 Å². The lowest BCUT2D eigenvalue weighted by Crippen LogP contribution is -2.40. The Hall–Kier alpha value is -4.05. The van der Waals surface area contributed by atoms with Crippen LogP contribution in [0.4, 0.5) is 4.79 Å². The summed E-state index contributed by atoms with van der Waals surface area (Å²) < 4.78 is 41.0. The van der Waals surface area contributed by atoms with E-state index in [9.17, 15) is 18.0 Å². The smallest absolute Gasteiger partial charge is 0.410 e. The Balaban J connectivity index is 1.47. The molecule has 0 spiro atoms. The van der Waals surface area contributed by atoms with Gasteiger partial charge in [0.2, 0.25) is 5.91 Å². The molecule has 0 bridgehead atoms. The standard InChI is InChI=1S/C32H37N3O6S/c1-22-26(21-30(36)33-17-10-18-34(20-19-33)31(37)41-32(2,3)4)23-11-8-9-14-27(23)35(22)42(38,39)29-16-15-28(40-5)24-12-6-7-13-25(24)29/h6-9,11-16H,10,17-21H2,1-5H3. The molecule has 1 saturated heterocycles. The highest BCUT2D eigenvalue weighted by molar-refractivity contribution is 7.90. The highest BCUT2D eigenvalue weighted by Gasteiger charge is 2.30. The van der Waals surface area contributed by atoms with E-state index in [-0.39, 0.29) is 23.3 Å². The third-order valence-corrected chi connectivity index (χ3v) is 9.46. The van der Waals surface area contributed by atoms with E-state index in [1.807, 2.05) is 45.0 Å². The van der Waals surface area contributed by atoms with Gasteiger partial charge < -0.3 is 19.3 Å². The molecule has 222 valence electrons. The first-order chi connectivity index (χ1) is 19.9. The summed E-state index contributed by atoms with van der Waals surface area (Å²) in [6.07, 6.45) is 0.293. The Morgan fingerprint density at radius 2 is 1.45 bits per heavy atom. The molecule has 0 atom stereocenters. The minimum atomic E-state index is -4.05. The van der Waals surface area contributed by atoms with Crippen LogP contribution in [0.2, 0.25) is 0 Å². The summed E-state index contributed by atoms with van der Waals surface area (Å²) in [5, 5.41) is 1.98. The van der Waals surface area contributed by atoms with Crippen molar-refractivity contribution >= 4 is 43.7 Å². The Labute approximate surface area is 246 Å². The van der Waals surface area contributed by atoms with Crippen molar-refractivity contribution < 1.29 is 27.5 Å². The average Bonchev–Trinajstić information content (AvgIpc) is 3.08. The number of benzene rings is 3. The molecule has 2 heterocycles. The first-order valence-electron chi connectivity index (χ1n) is 14.1. The van der Waals surface area contributed by atoms with Gasteiger partial charge in [0.25, 0.3) is 10.0 Å². The van der Waals surface area contributed by atoms with Crippen LogP contribution in [0.3, 0.4) is 0 Å². The maximum absolute atomic E-state index is 14.3. The summed E-state index contributed by atoms with van der Waals surface area (Å²) in [5.41, 5.74) is 1.09. The van der Waals surface area contributed by atoms with E-state index in [0.717, 1.165) is 5.39 Å². The van der Waals surface area contributed by atoms with Crippen molar-refractivity contribution in [2.24, 2.45) is 0 Å². The lowest BCUT2D eigenvalue weighted by Gasteiger charge is -2.26. The summed E-state index contributed by atoms with van der Waals surface area (Å²) in [6, 6.07) is 17.8. The molecule has 0 saturated carbocycles. The second-order valence-electron chi connectivity index (χ2n) is 11.5. The predicted molar refractivity (Wildman–Crippen MR) is 162 cm³/mol. The monoisotopic (exact) mass is 591 g/mol. The van der Waals surface area contributed by atoms with Gasteiger partial charge in [0.05, 0.1) is 23.9 Å². The van der Waals surface area contributed by atoms with Gasteiger partial charge in [0.15, 0.2) is 0 Å². The van der Waals surface area contributed by atoms with Crippen molar-refractivity contribution in [1.29, 1.82) is 0 Å². The number of carbonyl (C=O) groups is 2. The fourth-order valence-electron chi connectivity index (χ4n) is 5.62. The van der Waals surface area contributed by atoms with E-state index in [1.165, 1.54) is 3.97 Å². The topological polar surface area (TPSA) is 98.1 Å². The molecular formula is C32H37N3O6S. The van der Waals surface area contributed by atoms with Crippen LogP contribution in [0.15, 0.2) is 65.6 Å². The van der Waals surface area contributed by atoms with Crippen molar-refractivity contribution in [3.63, 3.8) is 0 Å². The number of fused-ring (bicyclic) bond motifs is 2. The van der Waals surface area contributed by atoms with E-state index in [1.54, 1.807) is 60.2 Å². The number of amides is 2. The summed E-state index contributed by atoms with van der Waals surface area (Å²) in [4.78, 5) is 29.8. The molecule has 0 radical (unpaired) electrons. The maximum Gasteiger partial charge on any atom is 0.410 e. The number of para-hydroxylation sites is 1. The van der Waals surface area contributed by atoms with Crippen molar-refractivity contribution in [3.05, 3.63) is 71.9 Å². The summed E-state index contributed by atoms with van der Waals surface area (Å²) >= 11 is 0. The molecule has 1 aliphatic rings. The lowest BCUT2D eigenvalue weighted by molar-refractivity contribution is -0.130. The van der Waals surface area contributed by atoms with Gasteiger partial charge in [-0.05, 0) is 57.9 Å². The predicted octanol–water partition coefficient (Wildman–Crippen LogP) is 5.36. The molecule has 4 aromatic rings. The minimum Gasteiger partial charge on any atom is -0.496 e. The van der Waals surface area contributed by atoms with E-state index >= 15 is 0 Å². The molecule has 0 aliphatic carbocycles. The number of aromatic nitrogens is 1. The fourth-order valence-corrected chi connectivity index (χ4v) is 7.40. The van der Waals surface area contributed by atoms with Crippen LogP contribution < -0.4 is 4.74 Å². The van der Waals surface area contributed by atoms with Crippen molar-refractivity contribution in [2.45, 2.75) is 51.0 Å². The largest absolute Gasteiger partial charge is 0.496 e. The van der Waals surface area contributed by atoms with Gasteiger partial charge in [0, 0.05) is 48.0 Å². The molecule has 42 heavy (non-hydrogen) atoms. The van der Waals surface area contributed by atoms with Crippen LogP contribution in [-0.4, -0.2) is 73.1 Å². The van der Waals surface area contributed by atoms with Gasteiger partial charge in [-0.3, -0.25) is 4.79 Å². The Kier molecular flexibility index (Phi) is 7.94. The molecule has 10 heteroatoms. The molecule has 1 aliphatic heterocycles. The summed E-state index contributed by atoms with van der Waals surface area (Å²) in [6.45, 7) is 9.00. The molecule has 1 fully saturated rings. The average molecular weight is 592 g/mol. The van der Waals surface area contributed by atoms with E-state index in [0.29, 0.717) is 65.9 Å². The second-order valence-corrected chi connectivity index (χ2v) is 13.3. The van der Waals surface area contributed by atoms with E-state index in [4.69, 9.17) is 9.47 Å². The van der Waals surface area contributed by atoms with Gasteiger partial charge in [-0.15, -0.1) is 0 Å². The fraction of sp³-hybridized carbons (Fsp3) is 0.375. The SMILES string of the molecule is COc1ccc(S(=O)(=O)n2c(C)c(CC(=O)N3CCCN(C(=O)OC(C)(C)C)CC3)c3ccccc32)c2ccccc12. The third-order valence-electron chi connectivity index (χ3n) is 7.60. The van der Waals surface area contributed by atoms with Crippen molar-refractivity contribution in [3.8, 4) is 5.75 Å². The van der Waals surface area contributed by atoms with Crippen molar-refractivity contribution in [2.75, 3.05) is 33.3 Å². The number of rotatable bonds is 5. The molecule has 1 aromatic heterocycles. The summed E-state index contributed by atoms with van der Waals surface area (Å²) in [5.74, 6) is 0.479. The lowest BCUT2D eigenvalue weighted by atomic mass is 10.1. The Morgan fingerprint density at radius 1 is 0.833 bits per heavy atom. The Morgan fingerprint density at radius 3 is 2.14 bits per heavy atom. The minimum absolute atomic E-state index is 0.0463. The van der Waals surface area contributed by atoms with Crippen molar-refractivity contribution in [1.82, 2.24) is 13.8 Å². The van der Waals surface area contributed by atoms with Gasteiger partial charge in [-0.2, -0.15) is 0 Å². The number of nitrogens with zero attached hydrogens (tertiary/aromatic N) is 3. The van der Waals surface area contributed by atoms with Crippen LogP contribution in [0, 0.1) is 6.92 Å². The zero-order valence-electron chi connectivity index (χ0n) is 24.7. The second kappa shape index (κ2) is 11.3. The molecule has 0 N–H and O–H groups in total. The van der Waals surface area contributed by atoms with Crippen LogP contribution in [0.5, 0.6) is 5.75 Å². The molecule has 2 amide bonds. The van der Waals surface area contributed by atoms with Crippen LogP contribution in [0.25, 0.3) is 21.7 Å². The van der Waals surface area contributed by atoms with Crippen LogP contribution >= 0.6 is 0 Å². The number of hydrogen-bond donors (Lipinski definition) is 0. The number of ether oxygens (including phenoxy) is 2. The third kappa shape index (κ3) is 5.55. The zero-order valence-corrected chi connectivity index (χ0v) is 25.5. The first kappa shape index (κ1) is 29.4. The molecular weight excluding hydrogens is 554 g/mol. The number of carbonyl (C=O) groups excluding carboxylic acids is 2. The maximum atomic E-state index is 14.3. The van der Waals surface area contributed by atoms with Crippen LogP contribution in [-0.2, 0) is 26.0 Å². The molecule has 0 unspecified atom stereocenters. The van der Waals surface area contributed by atoms with Gasteiger partial charge >= 0.3 is 6.09 Å². The highest BCUT2D eigenvalue weighted by atomic mass is 32.2. The molecule has 5 rings (SSSR count). The van der Waals surface area contributed by atoms with Gasteiger partial charge in [0.1, 0.15) is 11.4 Å². The Bertz CT molecular complexity index is 1770. The van der Waals surface area contributed by atoms with Crippen LogP contribution in [0.1, 0.15) is 38.4 Å². The van der Waals surface area contributed by atoms with E-state index in [2.05, 4.69) is 0 Å². The molecule has 3 aromatic carbocycles. The molecule has 9 nitrogen and oxygen atoms in total.